The van der Waals surface area contributed by atoms with Gasteiger partial charge in [-0.05, 0) is 55.2 Å². The monoisotopic (exact) mass is 522 g/mol. The first-order chi connectivity index (χ1) is 18.2. The number of hydrogen-bond donors (Lipinski definition) is 1. The fraction of sp³-hybridized carbons (Fsp3) is 0.357. The van der Waals surface area contributed by atoms with Crippen LogP contribution in [0.4, 0.5) is 24.7 Å². The number of nitrogens with one attached hydrogen (secondary N) is 1. The van der Waals surface area contributed by atoms with E-state index in [1.54, 1.807) is 23.2 Å². The molecule has 3 aromatic rings. The lowest BCUT2D eigenvalue weighted by molar-refractivity contribution is -0.137. The first-order valence-corrected chi connectivity index (χ1v) is 12.5. The Labute approximate surface area is 217 Å². The summed E-state index contributed by atoms with van der Waals surface area (Å²) in [5, 5.41) is 2.68. The third-order valence-corrected chi connectivity index (χ3v) is 7.99. The average Bonchev–Trinajstić information content (AvgIpc) is 3.28. The Balaban J connectivity index is 1.32. The van der Waals surface area contributed by atoms with Crippen molar-refractivity contribution in [3.8, 4) is 11.1 Å². The lowest BCUT2D eigenvalue weighted by Gasteiger charge is -2.52. The highest BCUT2D eigenvalue weighted by molar-refractivity contribution is 6.04. The number of hydrogen-bond acceptors (Lipinski definition) is 5. The van der Waals surface area contributed by atoms with E-state index >= 15 is 0 Å². The van der Waals surface area contributed by atoms with Crippen LogP contribution >= 0.6 is 0 Å². The van der Waals surface area contributed by atoms with Crippen LogP contribution in [-0.2, 0) is 15.7 Å². The number of ether oxygens (including phenoxy) is 1. The number of nitrogens with zero attached hydrogens (tertiary/aromatic N) is 3. The molecule has 10 heteroatoms. The number of halogens is 3. The molecule has 6 rings (SSSR count). The average molecular weight is 523 g/mol. The van der Waals surface area contributed by atoms with Crippen LogP contribution in [0.15, 0.2) is 48.9 Å². The van der Waals surface area contributed by atoms with Gasteiger partial charge in [0.15, 0.2) is 0 Å². The molecule has 38 heavy (non-hydrogen) atoms. The van der Waals surface area contributed by atoms with E-state index in [1.165, 1.54) is 0 Å². The van der Waals surface area contributed by atoms with Crippen LogP contribution in [0.5, 0.6) is 0 Å². The summed E-state index contributed by atoms with van der Waals surface area (Å²) in [4.78, 5) is 36.0. The van der Waals surface area contributed by atoms with Crippen LogP contribution in [-0.4, -0.2) is 41.5 Å². The van der Waals surface area contributed by atoms with E-state index in [9.17, 15) is 22.8 Å². The van der Waals surface area contributed by atoms with Crippen molar-refractivity contribution < 1.29 is 27.5 Å². The molecule has 1 saturated carbocycles. The number of aryl methyl sites for hydroxylation is 1. The molecule has 0 bridgehead atoms. The molecule has 196 valence electrons. The highest BCUT2D eigenvalue weighted by Gasteiger charge is 2.60. The van der Waals surface area contributed by atoms with E-state index in [2.05, 4.69) is 16.4 Å². The summed E-state index contributed by atoms with van der Waals surface area (Å²) < 4.78 is 44.9. The summed E-state index contributed by atoms with van der Waals surface area (Å²) >= 11 is 0. The van der Waals surface area contributed by atoms with Gasteiger partial charge in [-0.3, -0.25) is 19.5 Å². The van der Waals surface area contributed by atoms with Crippen molar-refractivity contribution in [3.05, 3.63) is 71.2 Å². The van der Waals surface area contributed by atoms with E-state index in [0.29, 0.717) is 43.4 Å². The van der Waals surface area contributed by atoms with Crippen LogP contribution in [0.2, 0.25) is 0 Å². The molecule has 4 atom stereocenters. The molecule has 1 saturated heterocycles. The number of benzene rings is 1. The Morgan fingerprint density at radius 3 is 2.61 bits per heavy atom. The smallest absolute Gasteiger partial charge is 0.381 e. The second-order valence-corrected chi connectivity index (χ2v) is 10.1. The van der Waals surface area contributed by atoms with Crippen LogP contribution in [0.25, 0.3) is 11.1 Å². The van der Waals surface area contributed by atoms with E-state index in [0.717, 1.165) is 34.5 Å². The Kier molecular flexibility index (Phi) is 5.75. The van der Waals surface area contributed by atoms with Gasteiger partial charge in [-0.25, -0.2) is 4.98 Å². The molecule has 0 spiro atoms. The maximum absolute atomic E-state index is 13.2. The minimum Gasteiger partial charge on any atom is -0.381 e. The van der Waals surface area contributed by atoms with Gasteiger partial charge in [0.2, 0.25) is 5.91 Å². The highest BCUT2D eigenvalue weighted by atomic mass is 19.4. The molecule has 2 fully saturated rings. The summed E-state index contributed by atoms with van der Waals surface area (Å²) in [5.74, 6) is 0.616. The number of fused-ring (bicyclic) bond motifs is 6. The van der Waals surface area contributed by atoms with Crippen molar-refractivity contribution in [2.75, 3.05) is 30.0 Å². The van der Waals surface area contributed by atoms with E-state index in [1.807, 2.05) is 19.9 Å². The Morgan fingerprint density at radius 2 is 1.87 bits per heavy atom. The normalized spacial score (nSPS) is 23.8. The first kappa shape index (κ1) is 24.5. The SMILES string of the molecule is CCN1C(=O)C2C(c3cc(-c4cc(NC(=O)c5cncc(C(F)(F)F)c5)ccc4C)cnc31)[C@@H]1COC[C@H]21. The summed E-state index contributed by atoms with van der Waals surface area (Å²) in [5.41, 5.74) is 2.90. The van der Waals surface area contributed by atoms with Crippen LogP contribution in [0.1, 0.15) is 39.9 Å². The van der Waals surface area contributed by atoms with Gasteiger partial charge < -0.3 is 10.1 Å². The van der Waals surface area contributed by atoms with Crippen LogP contribution < -0.4 is 10.2 Å². The van der Waals surface area contributed by atoms with Gasteiger partial charge in [-0.1, -0.05) is 6.07 Å². The first-order valence-electron chi connectivity index (χ1n) is 12.5. The predicted molar refractivity (Wildman–Crippen MR) is 134 cm³/mol. The van der Waals surface area contributed by atoms with Crippen molar-refractivity contribution in [1.82, 2.24) is 9.97 Å². The lowest BCUT2D eigenvalue weighted by atomic mass is 9.54. The van der Waals surface area contributed by atoms with Crippen molar-refractivity contribution in [3.63, 3.8) is 0 Å². The Hall–Kier alpha value is -3.79. The zero-order valence-electron chi connectivity index (χ0n) is 20.7. The fourth-order valence-corrected chi connectivity index (χ4v) is 6.09. The number of rotatable bonds is 4. The quantitative estimate of drug-likeness (QED) is 0.518. The molecule has 7 nitrogen and oxygen atoms in total. The van der Waals surface area contributed by atoms with Gasteiger partial charge >= 0.3 is 6.18 Å². The van der Waals surface area contributed by atoms with Gasteiger partial charge in [0.25, 0.3) is 5.91 Å². The van der Waals surface area contributed by atoms with Crippen LogP contribution in [0, 0.1) is 24.7 Å². The van der Waals surface area contributed by atoms with Gasteiger partial charge in [-0.2, -0.15) is 13.2 Å². The van der Waals surface area contributed by atoms with Crippen molar-refractivity contribution in [2.45, 2.75) is 25.9 Å². The zero-order valence-corrected chi connectivity index (χ0v) is 20.7. The zero-order chi connectivity index (χ0) is 26.8. The number of amides is 2. The van der Waals surface area contributed by atoms with Crippen molar-refractivity contribution >= 4 is 23.3 Å². The molecule has 1 aromatic carbocycles. The second-order valence-electron chi connectivity index (χ2n) is 10.1. The fourth-order valence-electron chi connectivity index (χ4n) is 6.09. The summed E-state index contributed by atoms with van der Waals surface area (Å²) in [6, 6.07) is 8.17. The standard InChI is InChI=1S/C28H25F3N4O3/c1-3-35-25-20(23-21-12-38-13-22(21)24(23)27(35)37)7-15(10-33-25)19-8-18(5-4-14(19)2)34-26(36)16-6-17(11-32-9-16)28(29,30)31/h4-11,21-24H,3,12-13H2,1-2H3,(H,34,36)/t21-,22+,23?,24?/m1/s1. The van der Waals surface area contributed by atoms with Crippen LogP contribution in [0.3, 0.4) is 0 Å². The van der Waals surface area contributed by atoms with E-state index < -0.39 is 17.6 Å². The summed E-state index contributed by atoms with van der Waals surface area (Å²) in [7, 11) is 0. The molecule has 2 aromatic heterocycles. The number of carbonyl (C=O) groups excluding carboxylic acids is 2. The maximum atomic E-state index is 13.2. The largest absolute Gasteiger partial charge is 0.417 e. The number of anilines is 2. The summed E-state index contributed by atoms with van der Waals surface area (Å²) in [6.07, 6.45) is -1.09. The number of carbonyl (C=O) groups is 2. The second kappa shape index (κ2) is 8.90. The number of pyridine rings is 2. The van der Waals surface area contributed by atoms with Gasteiger partial charge in [0.05, 0.1) is 30.3 Å². The van der Waals surface area contributed by atoms with Crippen molar-refractivity contribution in [1.29, 1.82) is 0 Å². The molecule has 1 aliphatic carbocycles. The molecular weight excluding hydrogens is 497 g/mol. The van der Waals surface area contributed by atoms with Gasteiger partial charge in [-0.15, -0.1) is 0 Å². The minimum atomic E-state index is -4.60. The molecular formula is C28H25F3N4O3. The molecule has 3 aliphatic rings. The van der Waals surface area contributed by atoms with E-state index in [-0.39, 0.29) is 29.2 Å². The summed E-state index contributed by atoms with van der Waals surface area (Å²) in [6.45, 7) is 5.66. The minimum absolute atomic E-state index is 0.0665. The molecule has 1 N–H and O–H groups in total. The molecule has 0 radical (unpaired) electrons. The third-order valence-electron chi connectivity index (χ3n) is 7.99. The van der Waals surface area contributed by atoms with E-state index in [4.69, 9.17) is 9.72 Å². The molecule has 2 aliphatic heterocycles. The van der Waals surface area contributed by atoms with Gasteiger partial charge in [0.1, 0.15) is 5.82 Å². The Bertz CT molecular complexity index is 1460. The number of aromatic nitrogens is 2. The Morgan fingerprint density at radius 1 is 1.11 bits per heavy atom. The highest BCUT2D eigenvalue weighted by Crippen LogP contribution is 2.60. The number of alkyl halides is 3. The molecule has 2 amide bonds. The molecule has 2 unspecified atom stereocenters. The van der Waals surface area contributed by atoms with Crippen molar-refractivity contribution in [2.24, 2.45) is 17.8 Å². The van der Waals surface area contributed by atoms with Gasteiger partial charge in [0, 0.05) is 53.8 Å². The maximum Gasteiger partial charge on any atom is 0.417 e. The topological polar surface area (TPSA) is 84.4 Å². The lowest BCUT2D eigenvalue weighted by Crippen LogP contribution is -2.57. The third kappa shape index (κ3) is 3.86. The predicted octanol–water partition coefficient (Wildman–Crippen LogP) is 5.07. The molecule has 4 heterocycles.